The van der Waals surface area contributed by atoms with Crippen molar-refractivity contribution in [3.05, 3.63) is 109 Å². The molecule has 0 amide bonds. The summed E-state index contributed by atoms with van der Waals surface area (Å²) in [6.45, 7) is 8.74. The van der Waals surface area contributed by atoms with Gasteiger partial charge >= 0.3 is 0 Å². The van der Waals surface area contributed by atoms with E-state index < -0.39 is 0 Å². The van der Waals surface area contributed by atoms with Crippen molar-refractivity contribution >= 4 is 68.1 Å². The molecule has 0 unspecified atom stereocenters. The van der Waals surface area contributed by atoms with Crippen LogP contribution in [0.3, 0.4) is 0 Å². The first-order chi connectivity index (χ1) is 18.3. The molecule has 0 aliphatic carbocycles. The van der Waals surface area contributed by atoms with E-state index in [1.807, 2.05) is 73.1 Å². The Bertz CT molecular complexity index is 1230. The molecule has 6 heteroatoms. The third-order valence-electron chi connectivity index (χ3n) is 5.38. The second kappa shape index (κ2) is 12.9. The third kappa shape index (κ3) is 9.12. The van der Waals surface area contributed by atoms with Crippen LogP contribution in [0.1, 0.15) is 27.7 Å². The molecular formula is C32H34N4S2. The largest absolute Gasteiger partial charge is 0.356 e. The van der Waals surface area contributed by atoms with Gasteiger partial charge in [0.2, 0.25) is 0 Å². The minimum Gasteiger partial charge on any atom is -0.356 e. The molecule has 0 spiro atoms. The molecule has 0 aliphatic heterocycles. The van der Waals surface area contributed by atoms with Crippen LogP contribution in [0, 0.1) is 0 Å². The third-order valence-corrected chi connectivity index (χ3v) is 9.36. The Hall–Kier alpha value is -3.48. The van der Waals surface area contributed by atoms with Crippen LogP contribution in [-0.4, -0.2) is 21.9 Å². The smallest absolute Gasteiger partial charge is 0.0627 e. The maximum Gasteiger partial charge on any atom is 0.0627 e. The van der Waals surface area contributed by atoms with Gasteiger partial charge in [-0.3, -0.25) is 9.98 Å². The fraction of sp³-hybridized carbons (Fsp3) is 0.188. The molecule has 4 aromatic carbocycles. The summed E-state index contributed by atoms with van der Waals surface area (Å²) in [6.07, 6.45) is 4.05. The lowest BCUT2D eigenvalue weighted by molar-refractivity contribution is 0.970. The lowest BCUT2D eigenvalue weighted by Crippen LogP contribution is -2.20. The number of hydrogen-bond acceptors (Lipinski definition) is 6. The van der Waals surface area contributed by atoms with Crippen LogP contribution >= 0.6 is 21.6 Å². The Kier molecular flexibility index (Phi) is 9.32. The van der Waals surface area contributed by atoms with Gasteiger partial charge in [0, 0.05) is 35.2 Å². The molecule has 4 nitrogen and oxygen atoms in total. The van der Waals surface area contributed by atoms with Crippen molar-refractivity contribution in [2.75, 3.05) is 10.6 Å². The van der Waals surface area contributed by atoms with E-state index >= 15 is 0 Å². The van der Waals surface area contributed by atoms with Gasteiger partial charge in [0.1, 0.15) is 0 Å². The molecule has 2 N–H and O–H groups in total. The van der Waals surface area contributed by atoms with Crippen LogP contribution < -0.4 is 10.6 Å². The number of rotatable bonds is 11. The van der Waals surface area contributed by atoms with Gasteiger partial charge in [-0.2, -0.15) is 0 Å². The van der Waals surface area contributed by atoms with E-state index in [0.717, 1.165) is 34.1 Å². The molecule has 4 aromatic rings. The fourth-order valence-corrected chi connectivity index (χ4v) is 5.52. The molecule has 0 heterocycles. The Balaban J connectivity index is 1.27. The molecule has 0 saturated carbocycles. The first kappa shape index (κ1) is 27.6. The molecule has 0 atom stereocenters. The quantitative estimate of drug-likeness (QED) is 0.147. The van der Waals surface area contributed by atoms with Crippen molar-refractivity contribution in [2.24, 2.45) is 9.98 Å². The van der Waals surface area contributed by atoms with E-state index in [-0.39, 0.29) is 9.49 Å². The van der Waals surface area contributed by atoms with Gasteiger partial charge < -0.3 is 10.6 Å². The number of aliphatic imine (C=N–C) groups is 2. The molecular weight excluding hydrogens is 505 g/mol. The Labute approximate surface area is 234 Å². The topological polar surface area (TPSA) is 48.8 Å². The van der Waals surface area contributed by atoms with Gasteiger partial charge in [-0.15, -0.1) is 0 Å². The van der Waals surface area contributed by atoms with E-state index in [4.69, 9.17) is 9.98 Å². The normalized spacial score (nSPS) is 12.2. The zero-order valence-electron chi connectivity index (χ0n) is 22.3. The van der Waals surface area contributed by atoms with Gasteiger partial charge in [0.25, 0.3) is 0 Å². The maximum absolute atomic E-state index is 4.73. The second-order valence-electron chi connectivity index (χ2n) is 9.97. The Morgan fingerprint density at radius 2 is 0.789 bits per heavy atom. The number of nitrogens with zero attached hydrogens (tertiary/aromatic N) is 2. The van der Waals surface area contributed by atoms with Gasteiger partial charge in [-0.1, -0.05) is 58.0 Å². The highest BCUT2D eigenvalue weighted by molar-refractivity contribution is 8.78. The lowest BCUT2D eigenvalue weighted by atomic mass is 10.2. The van der Waals surface area contributed by atoms with E-state index in [1.165, 1.54) is 0 Å². The SMILES string of the molecule is CC(C)(/C=N\c1ccc(Nc2ccccc2)cc1)SSC(C)(C)/C=N\c1ccc(Nc2ccccc2)cc1. The fourth-order valence-electron chi connectivity index (χ4n) is 3.36. The first-order valence-corrected chi connectivity index (χ1v) is 14.7. The summed E-state index contributed by atoms with van der Waals surface area (Å²) < 4.78 is -0.275. The molecule has 4 rings (SSSR count). The van der Waals surface area contributed by atoms with E-state index in [9.17, 15) is 0 Å². The first-order valence-electron chi connectivity index (χ1n) is 12.6. The van der Waals surface area contributed by atoms with E-state index in [2.05, 4.69) is 86.9 Å². The summed E-state index contributed by atoms with van der Waals surface area (Å²) in [7, 11) is 3.60. The molecule has 38 heavy (non-hydrogen) atoms. The molecule has 0 saturated heterocycles. The molecule has 0 fully saturated rings. The predicted molar refractivity (Wildman–Crippen MR) is 172 cm³/mol. The van der Waals surface area contributed by atoms with E-state index in [0.29, 0.717) is 0 Å². The van der Waals surface area contributed by atoms with Crippen molar-refractivity contribution in [1.82, 2.24) is 0 Å². The second-order valence-corrected chi connectivity index (χ2v) is 13.4. The average molecular weight is 539 g/mol. The zero-order valence-corrected chi connectivity index (χ0v) is 23.9. The van der Waals surface area contributed by atoms with Gasteiger partial charge in [-0.05, 0) is 100 Å². The van der Waals surface area contributed by atoms with Crippen LogP contribution in [0.4, 0.5) is 34.1 Å². The minimum absolute atomic E-state index is 0.137. The monoisotopic (exact) mass is 538 g/mol. The summed E-state index contributed by atoms with van der Waals surface area (Å²) in [6, 6.07) is 36.7. The van der Waals surface area contributed by atoms with Crippen molar-refractivity contribution in [1.29, 1.82) is 0 Å². The Morgan fingerprint density at radius 1 is 0.474 bits per heavy atom. The highest BCUT2D eigenvalue weighted by Crippen LogP contribution is 2.42. The molecule has 0 aliphatic rings. The van der Waals surface area contributed by atoms with Crippen LogP contribution in [0.25, 0.3) is 0 Å². The van der Waals surface area contributed by atoms with Crippen LogP contribution in [0.15, 0.2) is 119 Å². The minimum atomic E-state index is -0.137. The van der Waals surface area contributed by atoms with Gasteiger partial charge in [0.05, 0.1) is 20.9 Å². The number of hydrogen-bond donors (Lipinski definition) is 2. The molecule has 194 valence electrons. The number of benzene rings is 4. The van der Waals surface area contributed by atoms with Crippen molar-refractivity contribution < 1.29 is 0 Å². The van der Waals surface area contributed by atoms with Crippen LogP contribution in [0.5, 0.6) is 0 Å². The van der Waals surface area contributed by atoms with Crippen LogP contribution in [0.2, 0.25) is 0 Å². The number of nitrogens with one attached hydrogen (secondary N) is 2. The van der Waals surface area contributed by atoms with Crippen molar-refractivity contribution in [2.45, 2.75) is 37.2 Å². The number of para-hydroxylation sites is 2. The van der Waals surface area contributed by atoms with Gasteiger partial charge in [0.15, 0.2) is 0 Å². The van der Waals surface area contributed by atoms with Gasteiger partial charge in [-0.25, -0.2) is 0 Å². The van der Waals surface area contributed by atoms with E-state index in [1.54, 1.807) is 21.6 Å². The number of anilines is 4. The van der Waals surface area contributed by atoms with Crippen LogP contribution in [-0.2, 0) is 0 Å². The van der Waals surface area contributed by atoms with Crippen molar-refractivity contribution in [3.63, 3.8) is 0 Å². The summed E-state index contributed by atoms with van der Waals surface area (Å²) >= 11 is 0. The predicted octanol–water partition coefficient (Wildman–Crippen LogP) is 10.2. The maximum atomic E-state index is 4.73. The molecule has 0 radical (unpaired) electrons. The zero-order chi connectivity index (χ0) is 26.8. The summed E-state index contributed by atoms with van der Waals surface area (Å²) in [4.78, 5) is 9.46. The molecule has 0 bridgehead atoms. The lowest BCUT2D eigenvalue weighted by Gasteiger charge is -2.24. The standard InChI is InChI=1S/C32H34N4S2/c1-31(2,23-33-25-15-19-29(20-16-25)35-27-11-7-5-8-12-27)37-38-32(3,4)24-34-26-17-21-30(22-18-26)36-28-13-9-6-10-14-28/h5-24,35-36H,1-4H3/b33-23-,34-24-. The summed E-state index contributed by atoms with van der Waals surface area (Å²) in [5.74, 6) is 0. The molecule has 0 aromatic heterocycles. The van der Waals surface area contributed by atoms with Crippen molar-refractivity contribution in [3.8, 4) is 0 Å². The summed E-state index contributed by atoms with van der Waals surface area (Å²) in [5.41, 5.74) is 6.11. The highest BCUT2D eigenvalue weighted by Gasteiger charge is 2.23. The average Bonchev–Trinajstić information content (AvgIpc) is 2.93. The Morgan fingerprint density at radius 3 is 1.13 bits per heavy atom. The highest BCUT2D eigenvalue weighted by atomic mass is 33.1. The summed E-state index contributed by atoms with van der Waals surface area (Å²) in [5, 5.41) is 6.80.